The Hall–Kier alpha value is -3.43. The number of hydrogen-bond acceptors (Lipinski definition) is 7. The molecule has 10 heteroatoms. The first-order valence-corrected chi connectivity index (χ1v) is 9.35. The summed E-state index contributed by atoms with van der Waals surface area (Å²) in [5, 5.41) is 6.14. The van der Waals surface area contributed by atoms with Gasteiger partial charge >= 0.3 is 0 Å². The molecule has 1 fully saturated rings. The third-order valence-electron chi connectivity index (χ3n) is 5.46. The lowest BCUT2D eigenvalue weighted by molar-refractivity contribution is 0.0833. The van der Waals surface area contributed by atoms with Crippen LogP contribution in [0.3, 0.4) is 0 Å². The van der Waals surface area contributed by atoms with Gasteiger partial charge in [-0.25, -0.2) is 19.6 Å². The summed E-state index contributed by atoms with van der Waals surface area (Å²) in [6, 6.07) is 1.66. The van der Waals surface area contributed by atoms with E-state index in [9.17, 15) is 9.59 Å². The number of amides is 1. The molecule has 3 aromatic rings. The van der Waals surface area contributed by atoms with E-state index in [1.165, 1.54) is 17.3 Å². The van der Waals surface area contributed by atoms with Crippen molar-refractivity contribution in [3.63, 3.8) is 0 Å². The van der Waals surface area contributed by atoms with Crippen LogP contribution in [0.15, 0.2) is 23.5 Å². The smallest absolute Gasteiger partial charge is 0.293 e. The van der Waals surface area contributed by atoms with Crippen LogP contribution >= 0.6 is 0 Å². The third kappa shape index (κ3) is 2.52. The van der Waals surface area contributed by atoms with Crippen LogP contribution in [-0.4, -0.2) is 36.2 Å². The molecule has 0 aromatic carbocycles. The zero-order valence-electron chi connectivity index (χ0n) is 15.4. The van der Waals surface area contributed by atoms with Crippen LogP contribution in [0, 0.1) is 6.92 Å². The molecule has 1 saturated carbocycles. The van der Waals surface area contributed by atoms with Gasteiger partial charge in [-0.05, 0) is 44.2 Å². The van der Waals surface area contributed by atoms with Crippen molar-refractivity contribution in [3.8, 4) is 0 Å². The van der Waals surface area contributed by atoms with Crippen LogP contribution in [0.1, 0.15) is 48.2 Å². The van der Waals surface area contributed by atoms with Crippen LogP contribution in [0.25, 0.3) is 11.2 Å². The molecule has 4 N–H and O–H groups in total. The van der Waals surface area contributed by atoms with E-state index in [1.807, 2.05) is 0 Å². The predicted molar refractivity (Wildman–Crippen MR) is 103 cm³/mol. The molecule has 10 nitrogen and oxygen atoms in total. The fourth-order valence-electron chi connectivity index (χ4n) is 4.12. The van der Waals surface area contributed by atoms with Crippen LogP contribution < -0.4 is 21.6 Å². The summed E-state index contributed by atoms with van der Waals surface area (Å²) >= 11 is 0. The fourth-order valence-corrected chi connectivity index (χ4v) is 4.12. The number of pyridine rings is 1. The van der Waals surface area contributed by atoms with Crippen molar-refractivity contribution in [2.75, 3.05) is 10.7 Å². The molecule has 0 unspecified atom stereocenters. The van der Waals surface area contributed by atoms with Crippen molar-refractivity contribution in [2.24, 2.45) is 0 Å². The maximum absolute atomic E-state index is 13.2. The molecule has 4 heterocycles. The summed E-state index contributed by atoms with van der Waals surface area (Å²) in [7, 11) is 0. The maximum atomic E-state index is 13.2. The second kappa shape index (κ2) is 6.04. The van der Waals surface area contributed by atoms with Gasteiger partial charge in [0.05, 0.1) is 6.33 Å². The summed E-state index contributed by atoms with van der Waals surface area (Å²) in [5.74, 6) is 0.203. The number of H-pyrrole nitrogens is 1. The largest absolute Gasteiger partial charge is 0.334 e. The van der Waals surface area contributed by atoms with Crippen molar-refractivity contribution in [1.82, 2.24) is 29.9 Å². The van der Waals surface area contributed by atoms with E-state index in [1.54, 1.807) is 13.0 Å². The number of anilines is 2. The molecule has 3 aromatic heterocycles. The van der Waals surface area contributed by atoms with E-state index < -0.39 is 5.66 Å². The number of imidazole rings is 1. The fraction of sp³-hybridized carbons (Fsp3) is 0.389. The van der Waals surface area contributed by atoms with Crippen molar-refractivity contribution in [3.05, 3.63) is 40.3 Å². The van der Waals surface area contributed by atoms with Gasteiger partial charge < -0.3 is 15.6 Å². The molecule has 1 aliphatic heterocycles. The van der Waals surface area contributed by atoms with Crippen LogP contribution in [0.4, 0.5) is 11.5 Å². The Morgan fingerprint density at radius 3 is 2.79 bits per heavy atom. The SMILES string of the molecule is Cc1cc(Nc2ncnc3[nH]cnc23)c(=O)n2c1C(=O)NC1(CCCCC1)N2. The summed E-state index contributed by atoms with van der Waals surface area (Å²) in [6.07, 6.45) is 7.65. The zero-order chi connectivity index (χ0) is 19.3. The van der Waals surface area contributed by atoms with Gasteiger partial charge in [-0.1, -0.05) is 6.42 Å². The Bertz CT molecular complexity index is 1140. The van der Waals surface area contributed by atoms with E-state index in [2.05, 4.69) is 36.0 Å². The number of rotatable bonds is 2. The number of carbonyl (C=O) groups excluding carboxylic acids is 1. The number of fused-ring (bicyclic) bond motifs is 2. The second-order valence-corrected chi connectivity index (χ2v) is 7.39. The van der Waals surface area contributed by atoms with Gasteiger partial charge in [0.15, 0.2) is 17.0 Å². The average Bonchev–Trinajstić information content (AvgIpc) is 3.16. The Morgan fingerprint density at radius 1 is 1.14 bits per heavy atom. The van der Waals surface area contributed by atoms with Gasteiger partial charge in [-0.2, -0.15) is 0 Å². The standard InChI is InChI=1S/C18H20N8O2/c1-10-7-11(23-15-12-14(20-8-19-12)21-9-22-15)17(28)26-13(10)16(27)24-18(25-26)5-3-2-4-6-18/h7-9,25H,2-6H2,1H3,(H,24,27)(H2,19,20,21,22,23). The molecule has 1 amide bonds. The number of hydrogen-bond donors (Lipinski definition) is 4. The van der Waals surface area contributed by atoms with Crippen molar-refractivity contribution in [1.29, 1.82) is 0 Å². The Morgan fingerprint density at radius 2 is 1.96 bits per heavy atom. The summed E-state index contributed by atoms with van der Waals surface area (Å²) in [5.41, 5.74) is 4.84. The van der Waals surface area contributed by atoms with Gasteiger partial charge in [-0.15, -0.1) is 0 Å². The number of carbonyl (C=O) groups is 1. The predicted octanol–water partition coefficient (Wildman–Crippen LogP) is 1.51. The first-order valence-electron chi connectivity index (χ1n) is 9.35. The quantitative estimate of drug-likeness (QED) is 0.530. The molecule has 0 radical (unpaired) electrons. The normalized spacial score (nSPS) is 17.8. The lowest BCUT2D eigenvalue weighted by atomic mass is 9.88. The Kier molecular flexibility index (Phi) is 3.61. The highest BCUT2D eigenvalue weighted by Crippen LogP contribution is 2.30. The minimum Gasteiger partial charge on any atom is -0.334 e. The summed E-state index contributed by atoms with van der Waals surface area (Å²) < 4.78 is 1.38. The van der Waals surface area contributed by atoms with Gasteiger partial charge in [0.1, 0.15) is 23.4 Å². The average molecular weight is 380 g/mol. The first kappa shape index (κ1) is 16.7. The Balaban J connectivity index is 1.59. The van der Waals surface area contributed by atoms with Gasteiger partial charge in [0, 0.05) is 0 Å². The summed E-state index contributed by atoms with van der Waals surface area (Å²) in [6.45, 7) is 1.81. The third-order valence-corrected chi connectivity index (χ3v) is 5.46. The molecular formula is C18H20N8O2. The van der Waals surface area contributed by atoms with E-state index in [4.69, 9.17) is 0 Å². The first-order chi connectivity index (χ1) is 13.6. The zero-order valence-corrected chi connectivity index (χ0v) is 15.4. The van der Waals surface area contributed by atoms with E-state index in [0.717, 1.165) is 32.1 Å². The van der Waals surface area contributed by atoms with E-state index >= 15 is 0 Å². The molecule has 5 rings (SSSR count). The molecule has 0 saturated heterocycles. The number of nitrogens with zero attached hydrogens (tertiary/aromatic N) is 4. The minimum atomic E-state index is -0.568. The van der Waals surface area contributed by atoms with E-state index in [-0.39, 0.29) is 11.5 Å². The van der Waals surface area contributed by atoms with Crippen LogP contribution in [0.2, 0.25) is 0 Å². The highest BCUT2D eigenvalue weighted by Gasteiger charge is 2.40. The monoisotopic (exact) mass is 380 g/mol. The van der Waals surface area contributed by atoms with Crippen molar-refractivity contribution < 1.29 is 4.79 Å². The Labute approximate surface area is 159 Å². The lowest BCUT2D eigenvalue weighted by Gasteiger charge is -2.43. The molecule has 0 atom stereocenters. The lowest BCUT2D eigenvalue weighted by Crippen LogP contribution is -2.64. The number of nitrogens with one attached hydrogen (secondary N) is 4. The highest BCUT2D eigenvalue weighted by molar-refractivity contribution is 5.96. The van der Waals surface area contributed by atoms with Crippen molar-refractivity contribution in [2.45, 2.75) is 44.7 Å². The maximum Gasteiger partial charge on any atom is 0.293 e. The number of aromatic amines is 1. The molecule has 0 bridgehead atoms. The molecular weight excluding hydrogens is 360 g/mol. The van der Waals surface area contributed by atoms with Crippen molar-refractivity contribution >= 4 is 28.6 Å². The second-order valence-electron chi connectivity index (χ2n) is 7.39. The molecule has 1 spiro atoms. The number of aryl methyl sites for hydroxylation is 1. The highest BCUT2D eigenvalue weighted by atomic mass is 16.2. The number of aromatic nitrogens is 5. The summed E-state index contributed by atoms with van der Waals surface area (Å²) in [4.78, 5) is 41.4. The van der Waals surface area contributed by atoms with Crippen LogP contribution in [-0.2, 0) is 0 Å². The van der Waals surface area contributed by atoms with Gasteiger partial charge in [0.2, 0.25) is 0 Å². The minimum absolute atomic E-state index is 0.224. The molecule has 28 heavy (non-hydrogen) atoms. The van der Waals surface area contributed by atoms with E-state index in [0.29, 0.717) is 33.9 Å². The molecule has 144 valence electrons. The van der Waals surface area contributed by atoms with Crippen LogP contribution in [0.5, 0.6) is 0 Å². The topological polar surface area (TPSA) is 130 Å². The molecule has 2 aliphatic rings. The molecule has 1 aliphatic carbocycles. The van der Waals surface area contributed by atoms with Gasteiger partial charge in [-0.3, -0.25) is 15.0 Å². The van der Waals surface area contributed by atoms with Gasteiger partial charge in [0.25, 0.3) is 11.5 Å².